The van der Waals surface area contributed by atoms with Gasteiger partial charge in [0.15, 0.2) is 0 Å². The Balaban J connectivity index is 3.36. The number of carbonyl (C=O) groups is 1. The topological polar surface area (TPSA) is 50.1 Å². The summed E-state index contributed by atoms with van der Waals surface area (Å²) in [4.78, 5) is 11.9. The summed E-state index contributed by atoms with van der Waals surface area (Å²) in [5.41, 5.74) is 1.24. The van der Waals surface area contributed by atoms with Gasteiger partial charge in [0, 0.05) is 10.8 Å². The van der Waals surface area contributed by atoms with Crippen molar-refractivity contribution in [2.45, 2.75) is 10.8 Å². The molecule has 1 aromatic rings. The number of hydrogen-bond donors (Lipinski definition) is 1. The minimum atomic E-state index is -0.504. The zero-order chi connectivity index (χ0) is 11.4. The summed E-state index contributed by atoms with van der Waals surface area (Å²) in [7, 11) is 1.28. The van der Waals surface area contributed by atoms with Crippen LogP contribution in [0.4, 0.5) is 0 Å². The van der Waals surface area contributed by atoms with E-state index in [0.29, 0.717) is 21.6 Å². The van der Waals surface area contributed by atoms with Crippen LogP contribution in [-0.4, -0.2) is 13.1 Å². The smallest absolute Gasteiger partial charge is 0.338 e. The lowest BCUT2D eigenvalue weighted by atomic mass is 10.1. The molecule has 0 aliphatic carbocycles. The fourth-order valence-electron chi connectivity index (χ4n) is 1.13. The van der Waals surface area contributed by atoms with Gasteiger partial charge in [0.05, 0.1) is 18.2 Å². The monoisotopic (exact) mass is 241 g/mol. The number of benzene rings is 1. The fraction of sp³-hybridized carbons (Fsp3) is 0.200. The standard InChI is InChI=1S/C10H8ClNO2S/c1-14-10(13)8-2-7(5-12)9(15)3-6(8)4-11/h2-3,15H,4H2,1H3. The highest BCUT2D eigenvalue weighted by Gasteiger charge is 2.14. The number of halogens is 1. The maximum absolute atomic E-state index is 11.4. The third-order valence-electron chi connectivity index (χ3n) is 1.89. The average molecular weight is 242 g/mol. The lowest BCUT2D eigenvalue weighted by molar-refractivity contribution is 0.0599. The highest BCUT2D eigenvalue weighted by atomic mass is 35.5. The lowest BCUT2D eigenvalue weighted by Crippen LogP contribution is -2.05. The number of carbonyl (C=O) groups excluding carboxylic acids is 1. The molecule has 0 heterocycles. The number of thiol groups is 1. The van der Waals surface area contributed by atoms with Crippen LogP contribution in [0.2, 0.25) is 0 Å². The van der Waals surface area contributed by atoms with Crippen molar-refractivity contribution in [2.24, 2.45) is 0 Å². The van der Waals surface area contributed by atoms with Crippen molar-refractivity contribution < 1.29 is 9.53 Å². The maximum Gasteiger partial charge on any atom is 0.338 e. The van der Waals surface area contributed by atoms with Crippen molar-refractivity contribution in [3.63, 3.8) is 0 Å². The number of nitriles is 1. The molecule has 0 aromatic heterocycles. The Labute approximate surface area is 98.0 Å². The van der Waals surface area contributed by atoms with E-state index in [0.717, 1.165) is 0 Å². The van der Waals surface area contributed by atoms with Gasteiger partial charge in [-0.05, 0) is 17.7 Å². The van der Waals surface area contributed by atoms with Crippen molar-refractivity contribution in [1.29, 1.82) is 5.26 Å². The Morgan fingerprint density at radius 2 is 2.33 bits per heavy atom. The van der Waals surface area contributed by atoms with Gasteiger partial charge in [-0.3, -0.25) is 0 Å². The van der Waals surface area contributed by atoms with Crippen LogP contribution in [0.15, 0.2) is 17.0 Å². The predicted octanol–water partition coefficient (Wildman–Crippen LogP) is 2.37. The van der Waals surface area contributed by atoms with E-state index in [4.69, 9.17) is 16.9 Å². The van der Waals surface area contributed by atoms with Crippen LogP contribution in [0, 0.1) is 11.3 Å². The van der Waals surface area contributed by atoms with E-state index < -0.39 is 5.97 Å². The number of hydrogen-bond acceptors (Lipinski definition) is 4. The Hall–Kier alpha value is -1.18. The first kappa shape index (κ1) is 11.9. The largest absolute Gasteiger partial charge is 0.465 e. The van der Waals surface area contributed by atoms with Crippen LogP contribution < -0.4 is 0 Å². The van der Waals surface area contributed by atoms with Gasteiger partial charge < -0.3 is 4.74 Å². The molecule has 0 N–H and O–H groups in total. The summed E-state index contributed by atoms with van der Waals surface area (Å²) < 4.78 is 4.59. The summed E-state index contributed by atoms with van der Waals surface area (Å²) in [5.74, 6) is -0.334. The Bertz CT molecular complexity index is 440. The van der Waals surface area contributed by atoms with Gasteiger partial charge in [-0.1, -0.05) is 0 Å². The number of nitrogens with zero attached hydrogens (tertiary/aromatic N) is 1. The van der Waals surface area contributed by atoms with Crippen molar-refractivity contribution in [1.82, 2.24) is 0 Å². The van der Waals surface area contributed by atoms with E-state index >= 15 is 0 Å². The number of ether oxygens (including phenoxy) is 1. The van der Waals surface area contributed by atoms with Crippen molar-refractivity contribution >= 4 is 30.2 Å². The van der Waals surface area contributed by atoms with Crippen LogP contribution in [0.25, 0.3) is 0 Å². The van der Waals surface area contributed by atoms with Crippen LogP contribution in [0.3, 0.4) is 0 Å². The molecule has 0 amide bonds. The average Bonchev–Trinajstić information content (AvgIpc) is 2.27. The molecule has 0 atom stereocenters. The van der Waals surface area contributed by atoms with Gasteiger partial charge in [0.25, 0.3) is 0 Å². The van der Waals surface area contributed by atoms with Gasteiger partial charge in [-0.2, -0.15) is 5.26 Å². The van der Waals surface area contributed by atoms with Gasteiger partial charge in [-0.15, -0.1) is 24.2 Å². The first-order valence-corrected chi connectivity index (χ1v) is 5.02. The van der Waals surface area contributed by atoms with E-state index in [1.54, 1.807) is 6.07 Å². The van der Waals surface area contributed by atoms with E-state index in [9.17, 15) is 4.79 Å². The minimum absolute atomic E-state index is 0.170. The second-order valence-corrected chi connectivity index (χ2v) is 3.51. The Kier molecular flexibility index (Phi) is 4.01. The second kappa shape index (κ2) is 5.06. The van der Waals surface area contributed by atoms with E-state index in [1.165, 1.54) is 13.2 Å². The lowest BCUT2D eigenvalue weighted by Gasteiger charge is -2.07. The minimum Gasteiger partial charge on any atom is -0.465 e. The summed E-state index contributed by atoms with van der Waals surface area (Å²) >= 11 is 9.79. The molecular formula is C10H8ClNO2S. The first-order chi connectivity index (χ1) is 7.13. The summed E-state index contributed by atoms with van der Waals surface area (Å²) in [6, 6.07) is 4.97. The molecule has 0 saturated heterocycles. The SMILES string of the molecule is COC(=O)c1cc(C#N)c(S)cc1CCl. The van der Waals surface area contributed by atoms with Crippen LogP contribution >= 0.6 is 24.2 Å². The van der Waals surface area contributed by atoms with Crippen molar-refractivity contribution in [3.05, 3.63) is 28.8 Å². The first-order valence-electron chi connectivity index (χ1n) is 4.04. The summed E-state index contributed by atoms with van der Waals surface area (Å²) in [6.45, 7) is 0. The molecule has 0 unspecified atom stereocenters. The quantitative estimate of drug-likeness (QED) is 0.491. The summed E-state index contributed by atoms with van der Waals surface area (Å²) in [5, 5.41) is 8.78. The molecular weight excluding hydrogens is 234 g/mol. The van der Waals surface area contributed by atoms with Gasteiger partial charge in [-0.25, -0.2) is 4.79 Å². The van der Waals surface area contributed by atoms with E-state index in [-0.39, 0.29) is 5.88 Å². The maximum atomic E-state index is 11.4. The molecule has 15 heavy (non-hydrogen) atoms. The molecule has 3 nitrogen and oxygen atoms in total. The molecule has 1 rings (SSSR count). The molecule has 0 spiro atoms. The van der Waals surface area contributed by atoms with Gasteiger partial charge >= 0.3 is 5.97 Å². The third-order valence-corrected chi connectivity index (χ3v) is 2.55. The third kappa shape index (κ3) is 2.44. The molecule has 1 aromatic carbocycles. The molecule has 0 bridgehead atoms. The van der Waals surface area contributed by atoms with E-state index in [2.05, 4.69) is 17.4 Å². The van der Waals surface area contributed by atoms with Crippen molar-refractivity contribution in [2.75, 3.05) is 7.11 Å². The number of esters is 1. The molecule has 78 valence electrons. The Morgan fingerprint density at radius 3 is 2.80 bits per heavy atom. The highest BCUT2D eigenvalue weighted by Crippen LogP contribution is 2.21. The normalized spacial score (nSPS) is 9.47. The zero-order valence-corrected chi connectivity index (χ0v) is 9.60. The van der Waals surface area contributed by atoms with Crippen LogP contribution in [0.5, 0.6) is 0 Å². The van der Waals surface area contributed by atoms with Crippen LogP contribution in [0.1, 0.15) is 21.5 Å². The molecule has 5 heteroatoms. The molecule has 0 saturated carbocycles. The second-order valence-electron chi connectivity index (χ2n) is 2.76. The molecule has 0 fully saturated rings. The predicted molar refractivity (Wildman–Crippen MR) is 59.3 cm³/mol. The number of rotatable bonds is 2. The Morgan fingerprint density at radius 1 is 1.67 bits per heavy atom. The van der Waals surface area contributed by atoms with Crippen molar-refractivity contribution in [3.8, 4) is 6.07 Å². The van der Waals surface area contributed by atoms with Crippen LogP contribution in [-0.2, 0) is 10.6 Å². The highest BCUT2D eigenvalue weighted by molar-refractivity contribution is 7.80. The van der Waals surface area contributed by atoms with Gasteiger partial charge in [0.1, 0.15) is 6.07 Å². The molecule has 0 aliphatic rings. The van der Waals surface area contributed by atoms with Gasteiger partial charge in [0.2, 0.25) is 0 Å². The number of methoxy groups -OCH3 is 1. The van der Waals surface area contributed by atoms with E-state index in [1.807, 2.05) is 6.07 Å². The number of alkyl halides is 1. The zero-order valence-electron chi connectivity index (χ0n) is 7.95. The molecule has 0 radical (unpaired) electrons. The molecule has 0 aliphatic heterocycles. The summed E-state index contributed by atoms with van der Waals surface area (Å²) in [6.07, 6.45) is 0. The fourth-order valence-corrected chi connectivity index (χ4v) is 1.62.